The summed E-state index contributed by atoms with van der Waals surface area (Å²) in [5.41, 5.74) is 5.48. The van der Waals surface area contributed by atoms with Gasteiger partial charge in [-0.3, -0.25) is 0 Å². The normalized spacial score (nSPS) is 27.8. The first-order valence-electron chi connectivity index (χ1n) is 4.37. The molecule has 1 fully saturated rings. The number of ether oxygens (including phenoxy) is 1. The van der Waals surface area contributed by atoms with E-state index < -0.39 is 0 Å². The Morgan fingerprint density at radius 2 is 2.38 bits per heavy atom. The third kappa shape index (κ3) is 3.44. The van der Waals surface area contributed by atoms with Crippen molar-refractivity contribution in [2.75, 3.05) is 5.75 Å². The van der Waals surface area contributed by atoms with Crippen LogP contribution in [0, 0.1) is 0 Å². The Kier molecular flexibility index (Phi) is 3.44. The lowest BCUT2D eigenvalue weighted by molar-refractivity contribution is -0.00459. The van der Waals surface area contributed by atoms with Gasteiger partial charge in [-0.25, -0.2) is 0 Å². The number of nitrogens with zero attached hydrogens (tertiary/aromatic N) is 1. The van der Waals surface area contributed by atoms with Crippen molar-refractivity contribution in [2.45, 2.75) is 38.4 Å². The highest BCUT2D eigenvalue weighted by molar-refractivity contribution is 8.13. The second kappa shape index (κ2) is 4.19. The van der Waals surface area contributed by atoms with E-state index in [-0.39, 0.29) is 5.60 Å². The van der Waals surface area contributed by atoms with Gasteiger partial charge in [0.1, 0.15) is 0 Å². The minimum Gasteiger partial charge on any atom is -0.377 e. The third-order valence-corrected chi connectivity index (χ3v) is 3.04. The van der Waals surface area contributed by atoms with Crippen molar-refractivity contribution in [1.29, 1.82) is 0 Å². The van der Waals surface area contributed by atoms with E-state index in [0.717, 1.165) is 18.6 Å². The van der Waals surface area contributed by atoms with Crippen molar-refractivity contribution in [1.82, 2.24) is 0 Å². The lowest BCUT2D eigenvalue weighted by Gasteiger charge is -2.18. The van der Waals surface area contributed by atoms with Crippen LogP contribution in [0.5, 0.6) is 0 Å². The van der Waals surface area contributed by atoms with Gasteiger partial charge >= 0.3 is 0 Å². The van der Waals surface area contributed by atoms with Crippen LogP contribution < -0.4 is 11.6 Å². The summed E-state index contributed by atoms with van der Waals surface area (Å²) in [5.74, 6) is 5.85. The summed E-state index contributed by atoms with van der Waals surface area (Å²) < 4.78 is 5.77. The molecular weight excluding hydrogens is 186 g/mol. The van der Waals surface area contributed by atoms with E-state index >= 15 is 0 Å². The lowest BCUT2D eigenvalue weighted by Crippen LogP contribution is -2.22. The van der Waals surface area contributed by atoms with Gasteiger partial charge in [-0.1, -0.05) is 11.8 Å². The average molecular weight is 203 g/mol. The molecule has 1 atom stereocenters. The molecule has 0 aromatic rings. The molecule has 1 rings (SSSR count). The number of hydrazone groups is 1. The lowest BCUT2D eigenvalue weighted by atomic mass is 10.1. The summed E-state index contributed by atoms with van der Waals surface area (Å²) >= 11 is 1.45. The Morgan fingerprint density at radius 1 is 1.69 bits per heavy atom. The second-order valence-corrected chi connectivity index (χ2v) is 4.86. The van der Waals surface area contributed by atoms with Crippen LogP contribution in [0.3, 0.4) is 0 Å². The van der Waals surface area contributed by atoms with Crippen LogP contribution in [-0.4, -0.2) is 22.6 Å². The molecule has 0 aromatic heterocycles. The van der Waals surface area contributed by atoms with Crippen LogP contribution in [0.15, 0.2) is 5.10 Å². The van der Waals surface area contributed by atoms with E-state index in [1.807, 2.05) is 0 Å². The molecule has 5 heteroatoms. The number of nitrogens with two attached hydrogens (primary N) is 2. The zero-order valence-electron chi connectivity index (χ0n) is 8.12. The van der Waals surface area contributed by atoms with Crippen molar-refractivity contribution in [3.63, 3.8) is 0 Å². The van der Waals surface area contributed by atoms with Crippen LogP contribution in [0.4, 0.5) is 0 Å². The first kappa shape index (κ1) is 10.7. The number of hydrogen-bond acceptors (Lipinski definition) is 4. The van der Waals surface area contributed by atoms with Gasteiger partial charge in [0.25, 0.3) is 0 Å². The molecular formula is C8H17N3OS. The molecule has 0 aromatic carbocycles. The Hall–Kier alpha value is -0.420. The molecule has 1 aliphatic heterocycles. The molecule has 13 heavy (non-hydrogen) atoms. The minimum absolute atomic E-state index is 0.0276. The molecule has 0 bridgehead atoms. The fourth-order valence-electron chi connectivity index (χ4n) is 1.41. The Morgan fingerprint density at radius 3 is 2.85 bits per heavy atom. The predicted molar refractivity (Wildman–Crippen MR) is 56.5 cm³/mol. The van der Waals surface area contributed by atoms with Gasteiger partial charge in [0.2, 0.25) is 0 Å². The predicted octanol–water partition coefficient (Wildman–Crippen LogP) is 0.866. The Balaban J connectivity index is 2.25. The van der Waals surface area contributed by atoms with E-state index in [2.05, 4.69) is 18.9 Å². The summed E-state index contributed by atoms with van der Waals surface area (Å²) in [6.45, 7) is 4.22. The molecule has 76 valence electrons. The van der Waals surface area contributed by atoms with E-state index in [0.29, 0.717) is 11.3 Å². The summed E-state index contributed by atoms with van der Waals surface area (Å²) in [5, 5.41) is 3.81. The molecule has 0 aliphatic carbocycles. The maximum atomic E-state index is 5.77. The van der Waals surface area contributed by atoms with Gasteiger partial charge in [-0.15, -0.1) is 0 Å². The van der Waals surface area contributed by atoms with Crippen molar-refractivity contribution in [2.24, 2.45) is 16.7 Å². The number of hydrogen-bond donors (Lipinski definition) is 2. The first-order chi connectivity index (χ1) is 6.03. The van der Waals surface area contributed by atoms with Gasteiger partial charge < -0.3 is 16.3 Å². The molecule has 0 spiro atoms. The van der Waals surface area contributed by atoms with Crippen molar-refractivity contribution < 1.29 is 4.74 Å². The SMILES string of the molecule is CC1(C)CCC(CS/C(N)=N/N)O1. The van der Waals surface area contributed by atoms with Gasteiger partial charge in [0.15, 0.2) is 5.17 Å². The van der Waals surface area contributed by atoms with E-state index in [1.165, 1.54) is 11.8 Å². The fourth-order valence-corrected chi connectivity index (χ4v) is 2.08. The van der Waals surface area contributed by atoms with Crippen molar-refractivity contribution in [3.05, 3.63) is 0 Å². The van der Waals surface area contributed by atoms with Crippen LogP contribution in [0.2, 0.25) is 0 Å². The highest BCUT2D eigenvalue weighted by Crippen LogP contribution is 2.30. The molecule has 1 heterocycles. The summed E-state index contributed by atoms with van der Waals surface area (Å²) in [7, 11) is 0. The Bertz CT molecular complexity index is 206. The number of thioether (sulfide) groups is 1. The number of amidine groups is 1. The molecule has 1 aliphatic rings. The topological polar surface area (TPSA) is 73.6 Å². The quantitative estimate of drug-likeness (QED) is 0.302. The van der Waals surface area contributed by atoms with E-state index in [1.54, 1.807) is 0 Å². The van der Waals surface area contributed by atoms with Crippen molar-refractivity contribution in [3.8, 4) is 0 Å². The molecule has 1 unspecified atom stereocenters. The van der Waals surface area contributed by atoms with Crippen LogP contribution in [-0.2, 0) is 4.74 Å². The fraction of sp³-hybridized carbons (Fsp3) is 0.875. The van der Waals surface area contributed by atoms with Crippen LogP contribution in [0.25, 0.3) is 0 Å². The zero-order chi connectivity index (χ0) is 9.90. The maximum absolute atomic E-state index is 5.77. The maximum Gasteiger partial charge on any atom is 0.177 e. The molecule has 0 saturated carbocycles. The molecule has 1 saturated heterocycles. The smallest absolute Gasteiger partial charge is 0.177 e. The molecule has 0 radical (unpaired) electrons. The van der Waals surface area contributed by atoms with Gasteiger partial charge in [-0.05, 0) is 26.7 Å². The van der Waals surface area contributed by atoms with E-state index in [4.69, 9.17) is 16.3 Å². The molecule has 4 N–H and O–H groups in total. The van der Waals surface area contributed by atoms with Crippen LogP contribution in [0.1, 0.15) is 26.7 Å². The summed E-state index contributed by atoms with van der Waals surface area (Å²) in [6, 6.07) is 0. The number of rotatable bonds is 2. The van der Waals surface area contributed by atoms with Gasteiger partial charge in [-0.2, -0.15) is 5.10 Å². The summed E-state index contributed by atoms with van der Waals surface area (Å²) in [6.07, 6.45) is 2.50. The average Bonchev–Trinajstić information content (AvgIpc) is 2.41. The second-order valence-electron chi connectivity index (χ2n) is 3.82. The standard InChI is InChI=1S/C8H17N3OS/c1-8(2)4-3-6(12-8)5-13-7(9)11-10/h6H,3-5,10H2,1-2H3,(H2,9,11). The third-order valence-electron chi connectivity index (χ3n) is 2.10. The summed E-state index contributed by atoms with van der Waals surface area (Å²) in [4.78, 5) is 0. The molecule has 0 amide bonds. The zero-order valence-corrected chi connectivity index (χ0v) is 8.93. The van der Waals surface area contributed by atoms with Crippen LogP contribution >= 0.6 is 11.8 Å². The monoisotopic (exact) mass is 203 g/mol. The Labute approximate surface area is 83.1 Å². The van der Waals surface area contributed by atoms with Gasteiger partial charge in [0.05, 0.1) is 11.7 Å². The highest BCUT2D eigenvalue weighted by Gasteiger charge is 2.31. The largest absolute Gasteiger partial charge is 0.377 e. The van der Waals surface area contributed by atoms with E-state index in [9.17, 15) is 0 Å². The van der Waals surface area contributed by atoms with Gasteiger partial charge in [0, 0.05) is 5.75 Å². The molecule has 4 nitrogen and oxygen atoms in total. The van der Waals surface area contributed by atoms with Crippen molar-refractivity contribution >= 4 is 16.9 Å². The highest BCUT2D eigenvalue weighted by atomic mass is 32.2. The minimum atomic E-state index is 0.0276. The first-order valence-corrected chi connectivity index (χ1v) is 5.36.